The fraction of sp³-hybridized carbons (Fsp3) is 0.0500. The SMILES string of the molecule is NC(=O)CN1C(=O)/C(=c2\sc3nc(-c4ccccc4Br)nn3c2=O)c2ccccc21. The molecule has 0 atom stereocenters. The van der Waals surface area contributed by atoms with E-state index in [-0.39, 0.29) is 16.7 Å². The number of aromatic nitrogens is 3. The van der Waals surface area contributed by atoms with E-state index in [0.29, 0.717) is 22.0 Å². The number of amides is 2. The summed E-state index contributed by atoms with van der Waals surface area (Å²) in [6, 6.07) is 14.4. The number of carbonyl (C=O) groups excluding carboxylic acids is 2. The van der Waals surface area contributed by atoms with E-state index in [9.17, 15) is 14.4 Å². The second-order valence-electron chi connectivity index (χ2n) is 6.60. The maximum absolute atomic E-state index is 13.1. The summed E-state index contributed by atoms with van der Waals surface area (Å²) >= 11 is 4.55. The highest BCUT2D eigenvalue weighted by molar-refractivity contribution is 9.10. The number of hydrogen-bond donors (Lipinski definition) is 1. The Hall–Kier alpha value is -3.37. The Kier molecular flexibility index (Phi) is 4.26. The van der Waals surface area contributed by atoms with Gasteiger partial charge in [-0.1, -0.05) is 57.6 Å². The fourth-order valence-corrected chi connectivity index (χ4v) is 4.91. The Labute approximate surface area is 181 Å². The number of hydrogen-bond acceptors (Lipinski definition) is 6. The van der Waals surface area contributed by atoms with E-state index in [0.717, 1.165) is 21.4 Å². The number of halogens is 1. The Morgan fingerprint density at radius 3 is 2.47 bits per heavy atom. The molecule has 0 bridgehead atoms. The van der Waals surface area contributed by atoms with Gasteiger partial charge < -0.3 is 5.73 Å². The molecule has 3 heterocycles. The number of para-hydroxylation sites is 1. The lowest BCUT2D eigenvalue weighted by Crippen LogP contribution is -2.37. The quantitative estimate of drug-likeness (QED) is 0.474. The minimum atomic E-state index is -0.637. The topological polar surface area (TPSA) is 111 Å². The molecule has 148 valence electrons. The minimum Gasteiger partial charge on any atom is -0.368 e. The summed E-state index contributed by atoms with van der Waals surface area (Å²) in [4.78, 5) is 43.8. The molecule has 8 nitrogen and oxygen atoms in total. The maximum atomic E-state index is 13.1. The van der Waals surface area contributed by atoms with Crippen molar-refractivity contribution in [2.75, 3.05) is 11.4 Å². The highest BCUT2D eigenvalue weighted by Gasteiger charge is 2.35. The Morgan fingerprint density at radius 1 is 1.07 bits per heavy atom. The van der Waals surface area contributed by atoms with Crippen LogP contribution >= 0.6 is 27.3 Å². The fourth-order valence-electron chi connectivity index (χ4n) is 3.45. The second kappa shape index (κ2) is 6.85. The second-order valence-corrected chi connectivity index (χ2v) is 8.43. The summed E-state index contributed by atoms with van der Waals surface area (Å²) in [5.41, 5.74) is 6.99. The van der Waals surface area contributed by atoms with Gasteiger partial charge in [0.05, 0.1) is 11.3 Å². The number of nitrogens with zero attached hydrogens (tertiary/aromatic N) is 4. The smallest absolute Gasteiger partial charge is 0.291 e. The van der Waals surface area contributed by atoms with Gasteiger partial charge in [0.25, 0.3) is 11.5 Å². The Balaban J connectivity index is 1.73. The maximum Gasteiger partial charge on any atom is 0.291 e. The first-order valence-electron chi connectivity index (χ1n) is 8.84. The zero-order valence-corrected chi connectivity index (χ0v) is 17.6. The van der Waals surface area contributed by atoms with Gasteiger partial charge >= 0.3 is 0 Å². The zero-order chi connectivity index (χ0) is 21.0. The third-order valence-corrected chi connectivity index (χ3v) is 6.46. The summed E-state index contributed by atoms with van der Waals surface area (Å²) in [6.07, 6.45) is 0. The molecule has 2 N–H and O–H groups in total. The van der Waals surface area contributed by atoms with Gasteiger partial charge in [-0.05, 0) is 18.2 Å². The lowest BCUT2D eigenvalue weighted by atomic mass is 10.1. The monoisotopic (exact) mass is 481 g/mol. The van der Waals surface area contributed by atoms with Crippen molar-refractivity contribution >= 4 is 55.3 Å². The van der Waals surface area contributed by atoms with Crippen molar-refractivity contribution in [3.05, 3.63) is 73.5 Å². The van der Waals surface area contributed by atoms with E-state index in [4.69, 9.17) is 5.73 Å². The molecule has 0 fully saturated rings. The van der Waals surface area contributed by atoms with Crippen LogP contribution < -0.4 is 20.7 Å². The van der Waals surface area contributed by atoms with Crippen molar-refractivity contribution in [3.8, 4) is 11.4 Å². The molecule has 0 radical (unpaired) electrons. The van der Waals surface area contributed by atoms with Crippen LogP contribution in [0, 0.1) is 0 Å². The van der Waals surface area contributed by atoms with Crippen LogP contribution in [0.3, 0.4) is 0 Å². The first-order valence-corrected chi connectivity index (χ1v) is 10.4. The van der Waals surface area contributed by atoms with Crippen molar-refractivity contribution in [2.24, 2.45) is 5.73 Å². The summed E-state index contributed by atoms with van der Waals surface area (Å²) in [5, 5.41) is 4.34. The minimum absolute atomic E-state index is 0.230. The number of fused-ring (bicyclic) bond motifs is 2. The molecule has 10 heteroatoms. The number of anilines is 1. The highest BCUT2D eigenvalue weighted by atomic mass is 79.9. The molecule has 0 spiro atoms. The van der Waals surface area contributed by atoms with Crippen molar-refractivity contribution in [1.82, 2.24) is 14.6 Å². The van der Waals surface area contributed by atoms with Gasteiger partial charge in [0.1, 0.15) is 11.1 Å². The molecule has 0 saturated carbocycles. The van der Waals surface area contributed by atoms with E-state index < -0.39 is 17.4 Å². The van der Waals surface area contributed by atoms with E-state index >= 15 is 0 Å². The molecular formula is C20H12BrN5O3S. The normalized spacial score (nSPS) is 15.1. The largest absolute Gasteiger partial charge is 0.368 e. The standard InChI is InChI=1S/C20H12BrN5O3S/c21-12-7-3-1-5-10(12)17-23-20-26(24-17)19(29)16(30-20)15-11-6-2-4-8-13(11)25(18(15)28)9-14(22)27/h1-8H,9H2,(H2,22,27)/b16-15-. The van der Waals surface area contributed by atoms with Crippen LogP contribution in [0.2, 0.25) is 0 Å². The van der Waals surface area contributed by atoms with Gasteiger partial charge in [-0.15, -0.1) is 5.10 Å². The molecular weight excluding hydrogens is 470 g/mol. The summed E-state index contributed by atoms with van der Waals surface area (Å²) in [6.45, 7) is -0.263. The van der Waals surface area contributed by atoms with Gasteiger partial charge in [-0.2, -0.15) is 9.50 Å². The Morgan fingerprint density at radius 2 is 1.77 bits per heavy atom. The van der Waals surface area contributed by atoms with Crippen LogP contribution in [0.5, 0.6) is 0 Å². The number of benzene rings is 2. The average molecular weight is 482 g/mol. The van der Waals surface area contributed by atoms with Crippen molar-refractivity contribution in [2.45, 2.75) is 0 Å². The molecule has 2 aromatic heterocycles. The number of nitrogens with two attached hydrogens (primary N) is 1. The molecule has 5 rings (SSSR count). The zero-order valence-electron chi connectivity index (χ0n) is 15.2. The molecule has 1 aliphatic rings. The van der Waals surface area contributed by atoms with E-state index in [1.165, 1.54) is 9.42 Å². The molecule has 0 unspecified atom stereocenters. The van der Waals surface area contributed by atoms with Gasteiger partial charge in [-0.25, -0.2) is 0 Å². The van der Waals surface area contributed by atoms with Crippen LogP contribution in [0.4, 0.5) is 5.69 Å². The van der Waals surface area contributed by atoms with Crippen LogP contribution in [-0.2, 0) is 9.59 Å². The highest BCUT2D eigenvalue weighted by Crippen LogP contribution is 2.35. The van der Waals surface area contributed by atoms with Crippen molar-refractivity contribution < 1.29 is 9.59 Å². The summed E-state index contributed by atoms with van der Waals surface area (Å²) in [5.74, 6) is -0.666. The van der Waals surface area contributed by atoms with Gasteiger partial charge in [0.2, 0.25) is 10.9 Å². The lowest BCUT2D eigenvalue weighted by Gasteiger charge is -2.14. The molecule has 2 aromatic carbocycles. The number of primary amides is 1. The number of rotatable bonds is 3. The first-order chi connectivity index (χ1) is 14.5. The van der Waals surface area contributed by atoms with Crippen molar-refractivity contribution in [1.29, 1.82) is 0 Å². The molecule has 4 aromatic rings. The van der Waals surface area contributed by atoms with Crippen molar-refractivity contribution in [3.63, 3.8) is 0 Å². The van der Waals surface area contributed by atoms with Gasteiger partial charge in [0.15, 0.2) is 5.82 Å². The Bertz CT molecular complexity index is 1480. The molecule has 30 heavy (non-hydrogen) atoms. The third-order valence-electron chi connectivity index (χ3n) is 4.74. The average Bonchev–Trinajstić information content (AvgIpc) is 3.34. The van der Waals surface area contributed by atoms with Crippen LogP contribution in [0.1, 0.15) is 5.56 Å². The van der Waals surface area contributed by atoms with Crippen LogP contribution in [0.25, 0.3) is 21.9 Å². The third kappa shape index (κ3) is 2.76. The first kappa shape index (κ1) is 18.6. The van der Waals surface area contributed by atoms with Gasteiger partial charge in [-0.3, -0.25) is 19.3 Å². The predicted molar refractivity (Wildman–Crippen MR) is 116 cm³/mol. The summed E-state index contributed by atoms with van der Waals surface area (Å²) < 4.78 is 2.24. The lowest BCUT2D eigenvalue weighted by molar-refractivity contribution is -0.119. The van der Waals surface area contributed by atoms with E-state index in [1.54, 1.807) is 24.3 Å². The van der Waals surface area contributed by atoms with Crippen LogP contribution in [0.15, 0.2) is 57.8 Å². The predicted octanol–water partition coefficient (Wildman–Crippen LogP) is 1.33. The molecule has 2 amide bonds. The van der Waals surface area contributed by atoms with Crippen LogP contribution in [-0.4, -0.2) is 33.0 Å². The number of thiazole rings is 1. The number of carbonyl (C=O) groups is 2. The molecule has 1 aliphatic heterocycles. The molecule has 0 aliphatic carbocycles. The van der Waals surface area contributed by atoms with E-state index in [2.05, 4.69) is 26.0 Å². The van der Waals surface area contributed by atoms with E-state index in [1.807, 2.05) is 24.3 Å². The van der Waals surface area contributed by atoms with Gasteiger partial charge in [0, 0.05) is 15.6 Å². The molecule has 0 saturated heterocycles. The summed E-state index contributed by atoms with van der Waals surface area (Å²) in [7, 11) is 0.